The maximum Gasteiger partial charge on any atom is 0.0596 e. The van der Waals surface area contributed by atoms with E-state index in [0.29, 0.717) is 11.8 Å². The SMILES string of the molecule is CCCCC(CC)C(O)C1CCC(CC)CC1. The van der Waals surface area contributed by atoms with Crippen molar-refractivity contribution in [3.05, 3.63) is 0 Å². The van der Waals surface area contributed by atoms with Crippen LogP contribution in [-0.2, 0) is 0 Å². The van der Waals surface area contributed by atoms with E-state index in [1.54, 1.807) is 0 Å². The first kappa shape index (κ1) is 15.0. The smallest absolute Gasteiger partial charge is 0.0596 e. The molecule has 1 nitrogen and oxygen atoms in total. The highest BCUT2D eigenvalue weighted by Crippen LogP contribution is 2.36. The van der Waals surface area contributed by atoms with E-state index < -0.39 is 0 Å². The summed E-state index contributed by atoms with van der Waals surface area (Å²) < 4.78 is 0. The lowest BCUT2D eigenvalue weighted by Crippen LogP contribution is -2.32. The molecule has 1 aliphatic rings. The third-order valence-corrected chi connectivity index (χ3v) is 4.89. The summed E-state index contributed by atoms with van der Waals surface area (Å²) in [5.74, 6) is 2.09. The van der Waals surface area contributed by atoms with Crippen molar-refractivity contribution in [2.75, 3.05) is 0 Å². The maximum absolute atomic E-state index is 10.5. The Morgan fingerprint density at radius 1 is 1.06 bits per heavy atom. The molecule has 1 heteroatoms. The summed E-state index contributed by atoms with van der Waals surface area (Å²) in [6.07, 6.45) is 11.4. The number of unbranched alkanes of at least 4 members (excludes halogenated alkanes) is 1. The molecule has 1 aliphatic carbocycles. The quantitative estimate of drug-likeness (QED) is 0.679. The fourth-order valence-electron chi connectivity index (χ4n) is 3.41. The van der Waals surface area contributed by atoms with Crippen LogP contribution in [0.5, 0.6) is 0 Å². The van der Waals surface area contributed by atoms with Gasteiger partial charge in [0.25, 0.3) is 0 Å². The van der Waals surface area contributed by atoms with Crippen molar-refractivity contribution >= 4 is 0 Å². The molecule has 0 heterocycles. The Morgan fingerprint density at radius 2 is 1.71 bits per heavy atom. The molecule has 2 atom stereocenters. The lowest BCUT2D eigenvalue weighted by Gasteiger charge is -2.34. The first-order chi connectivity index (χ1) is 8.22. The topological polar surface area (TPSA) is 20.2 Å². The number of hydrogen-bond acceptors (Lipinski definition) is 1. The molecule has 0 saturated heterocycles. The van der Waals surface area contributed by atoms with Crippen molar-refractivity contribution in [2.45, 2.75) is 84.7 Å². The molecule has 1 saturated carbocycles. The van der Waals surface area contributed by atoms with Crippen LogP contribution in [-0.4, -0.2) is 11.2 Å². The van der Waals surface area contributed by atoms with Gasteiger partial charge in [0.15, 0.2) is 0 Å². The zero-order chi connectivity index (χ0) is 12.7. The molecule has 0 amide bonds. The minimum Gasteiger partial charge on any atom is -0.393 e. The van der Waals surface area contributed by atoms with E-state index in [2.05, 4.69) is 20.8 Å². The summed E-state index contributed by atoms with van der Waals surface area (Å²) in [5, 5.41) is 10.5. The summed E-state index contributed by atoms with van der Waals surface area (Å²) in [4.78, 5) is 0. The van der Waals surface area contributed by atoms with E-state index >= 15 is 0 Å². The number of rotatable bonds is 7. The Hall–Kier alpha value is -0.0400. The van der Waals surface area contributed by atoms with Crippen LogP contribution in [0.3, 0.4) is 0 Å². The molecular formula is C16H32O. The van der Waals surface area contributed by atoms with Gasteiger partial charge in [0.05, 0.1) is 6.10 Å². The molecule has 0 radical (unpaired) electrons. The van der Waals surface area contributed by atoms with Gasteiger partial charge in [0.1, 0.15) is 0 Å². The number of aliphatic hydroxyl groups is 1. The van der Waals surface area contributed by atoms with Crippen molar-refractivity contribution in [1.29, 1.82) is 0 Å². The molecule has 17 heavy (non-hydrogen) atoms. The molecule has 1 rings (SSSR count). The average Bonchev–Trinajstić information content (AvgIpc) is 2.39. The molecule has 102 valence electrons. The van der Waals surface area contributed by atoms with Crippen LogP contribution in [0, 0.1) is 17.8 Å². The van der Waals surface area contributed by atoms with E-state index in [4.69, 9.17) is 0 Å². The first-order valence-corrected chi connectivity index (χ1v) is 7.90. The van der Waals surface area contributed by atoms with Gasteiger partial charge in [-0.15, -0.1) is 0 Å². The summed E-state index contributed by atoms with van der Waals surface area (Å²) >= 11 is 0. The summed E-state index contributed by atoms with van der Waals surface area (Å²) in [5.41, 5.74) is 0. The van der Waals surface area contributed by atoms with Gasteiger partial charge in [-0.2, -0.15) is 0 Å². The largest absolute Gasteiger partial charge is 0.393 e. The molecule has 0 aliphatic heterocycles. The van der Waals surface area contributed by atoms with Gasteiger partial charge in [0.2, 0.25) is 0 Å². The molecule has 1 fully saturated rings. The van der Waals surface area contributed by atoms with Gasteiger partial charge >= 0.3 is 0 Å². The fourth-order valence-corrected chi connectivity index (χ4v) is 3.41. The van der Waals surface area contributed by atoms with Crippen LogP contribution in [0.15, 0.2) is 0 Å². The molecule has 0 aromatic heterocycles. The average molecular weight is 240 g/mol. The Balaban J connectivity index is 2.37. The highest BCUT2D eigenvalue weighted by Gasteiger charge is 2.29. The zero-order valence-electron chi connectivity index (χ0n) is 12.1. The second-order valence-corrected chi connectivity index (χ2v) is 5.99. The van der Waals surface area contributed by atoms with Crippen LogP contribution in [0.25, 0.3) is 0 Å². The van der Waals surface area contributed by atoms with Gasteiger partial charge in [-0.3, -0.25) is 0 Å². The van der Waals surface area contributed by atoms with E-state index in [0.717, 1.165) is 12.3 Å². The lowest BCUT2D eigenvalue weighted by molar-refractivity contribution is 0.0202. The summed E-state index contributed by atoms with van der Waals surface area (Å²) in [6.45, 7) is 6.78. The van der Waals surface area contributed by atoms with Crippen LogP contribution >= 0.6 is 0 Å². The second kappa shape index (κ2) is 8.13. The van der Waals surface area contributed by atoms with E-state index in [1.165, 1.54) is 51.4 Å². The Kier molecular flexibility index (Phi) is 7.18. The number of aliphatic hydroxyl groups excluding tert-OH is 1. The minimum atomic E-state index is -0.0237. The second-order valence-electron chi connectivity index (χ2n) is 5.99. The third kappa shape index (κ3) is 4.62. The molecule has 1 N–H and O–H groups in total. The van der Waals surface area contributed by atoms with Gasteiger partial charge in [-0.05, 0) is 37.0 Å². The predicted molar refractivity (Wildman–Crippen MR) is 75.1 cm³/mol. The Labute approximate surface area is 108 Å². The van der Waals surface area contributed by atoms with Gasteiger partial charge < -0.3 is 5.11 Å². The molecule has 0 spiro atoms. The monoisotopic (exact) mass is 240 g/mol. The van der Waals surface area contributed by atoms with Crippen molar-refractivity contribution < 1.29 is 5.11 Å². The van der Waals surface area contributed by atoms with Crippen molar-refractivity contribution in [3.63, 3.8) is 0 Å². The Morgan fingerprint density at radius 3 is 2.18 bits per heavy atom. The number of hydrogen-bond donors (Lipinski definition) is 1. The van der Waals surface area contributed by atoms with Gasteiger partial charge in [-0.1, -0.05) is 59.3 Å². The minimum absolute atomic E-state index is 0.0237. The third-order valence-electron chi connectivity index (χ3n) is 4.89. The van der Waals surface area contributed by atoms with Crippen LogP contribution < -0.4 is 0 Å². The van der Waals surface area contributed by atoms with Crippen molar-refractivity contribution in [3.8, 4) is 0 Å². The van der Waals surface area contributed by atoms with Gasteiger partial charge in [-0.25, -0.2) is 0 Å². The van der Waals surface area contributed by atoms with E-state index in [9.17, 15) is 5.11 Å². The summed E-state index contributed by atoms with van der Waals surface area (Å²) in [7, 11) is 0. The fraction of sp³-hybridized carbons (Fsp3) is 1.00. The molecular weight excluding hydrogens is 208 g/mol. The summed E-state index contributed by atoms with van der Waals surface area (Å²) in [6, 6.07) is 0. The predicted octanol–water partition coefficient (Wildman–Crippen LogP) is 4.78. The van der Waals surface area contributed by atoms with Crippen LogP contribution in [0.1, 0.15) is 78.6 Å². The molecule has 2 unspecified atom stereocenters. The first-order valence-electron chi connectivity index (χ1n) is 7.90. The lowest BCUT2D eigenvalue weighted by atomic mass is 9.74. The normalized spacial score (nSPS) is 28.9. The van der Waals surface area contributed by atoms with Crippen molar-refractivity contribution in [1.82, 2.24) is 0 Å². The van der Waals surface area contributed by atoms with Gasteiger partial charge in [0, 0.05) is 0 Å². The highest BCUT2D eigenvalue weighted by atomic mass is 16.3. The standard InChI is InChI=1S/C16H32O/c1-4-7-8-14(6-3)16(17)15-11-9-13(5-2)10-12-15/h13-17H,4-12H2,1-3H3. The van der Waals surface area contributed by atoms with Crippen LogP contribution in [0.2, 0.25) is 0 Å². The molecule has 0 aromatic carbocycles. The van der Waals surface area contributed by atoms with Crippen molar-refractivity contribution in [2.24, 2.45) is 17.8 Å². The van der Waals surface area contributed by atoms with E-state index in [1.807, 2.05) is 0 Å². The highest BCUT2D eigenvalue weighted by molar-refractivity contribution is 4.81. The van der Waals surface area contributed by atoms with Crippen LogP contribution in [0.4, 0.5) is 0 Å². The molecule has 0 aromatic rings. The van der Waals surface area contributed by atoms with E-state index in [-0.39, 0.29) is 6.10 Å². The maximum atomic E-state index is 10.5. The molecule has 0 bridgehead atoms. The Bertz CT molecular complexity index is 182. The zero-order valence-corrected chi connectivity index (χ0v) is 12.1.